The first-order valence-corrected chi connectivity index (χ1v) is 8.71. The van der Waals surface area contributed by atoms with Crippen molar-refractivity contribution in [2.45, 2.75) is 13.8 Å². The van der Waals surface area contributed by atoms with E-state index >= 15 is 0 Å². The number of aromatic nitrogens is 1. The smallest absolute Gasteiger partial charge is 0.194 e. The van der Waals surface area contributed by atoms with Crippen molar-refractivity contribution in [2.75, 3.05) is 0 Å². The average Bonchev–Trinajstić information content (AvgIpc) is 2.61. The van der Waals surface area contributed by atoms with Gasteiger partial charge in [-0.1, -0.05) is 47.5 Å². The minimum absolute atomic E-state index is 0.224. The van der Waals surface area contributed by atoms with Gasteiger partial charge < -0.3 is 0 Å². The molecular weight excluding hydrogens is 369 g/mol. The Balaban J connectivity index is 2.07. The third kappa shape index (κ3) is 3.69. The zero-order valence-electron chi connectivity index (χ0n) is 14.2. The largest absolute Gasteiger partial charge is 0.289 e. The summed E-state index contributed by atoms with van der Waals surface area (Å²) in [6.45, 7) is 3.50. The molecule has 0 atom stereocenters. The second-order valence-electron chi connectivity index (χ2n) is 5.93. The maximum Gasteiger partial charge on any atom is 0.194 e. The minimum Gasteiger partial charge on any atom is -0.289 e. The van der Waals surface area contributed by atoms with E-state index in [1.54, 1.807) is 68.4 Å². The van der Waals surface area contributed by atoms with E-state index in [1.807, 2.05) is 0 Å². The molecule has 26 heavy (non-hydrogen) atoms. The molecule has 0 N–H and O–H groups in total. The monoisotopic (exact) mass is 383 g/mol. The van der Waals surface area contributed by atoms with E-state index in [0.717, 1.165) is 0 Å². The van der Waals surface area contributed by atoms with Crippen molar-refractivity contribution in [3.8, 4) is 0 Å². The van der Waals surface area contributed by atoms with Crippen molar-refractivity contribution in [1.29, 1.82) is 0 Å². The highest BCUT2D eigenvalue weighted by Gasteiger charge is 2.20. The van der Waals surface area contributed by atoms with Crippen LogP contribution in [0.4, 0.5) is 0 Å². The van der Waals surface area contributed by atoms with Gasteiger partial charge in [0.15, 0.2) is 11.6 Å². The highest BCUT2D eigenvalue weighted by atomic mass is 35.5. The normalized spacial score (nSPS) is 10.6. The molecule has 1 heterocycles. The molecule has 1 aromatic heterocycles. The third-order valence-corrected chi connectivity index (χ3v) is 4.54. The molecule has 0 spiro atoms. The lowest BCUT2D eigenvalue weighted by Gasteiger charge is -2.11. The molecule has 0 aliphatic carbocycles. The van der Waals surface area contributed by atoms with E-state index in [0.29, 0.717) is 43.7 Å². The Labute approximate surface area is 161 Å². The molecule has 0 saturated carbocycles. The first kappa shape index (κ1) is 18.3. The summed E-state index contributed by atoms with van der Waals surface area (Å²) in [4.78, 5) is 30.1. The SMILES string of the molecule is Cc1nc(C)c(C(=O)c2cccc(Cl)c2)cc1C(=O)c1cccc(Cl)c1. The van der Waals surface area contributed by atoms with E-state index < -0.39 is 0 Å². The van der Waals surface area contributed by atoms with Gasteiger partial charge >= 0.3 is 0 Å². The van der Waals surface area contributed by atoms with Crippen LogP contribution in [-0.4, -0.2) is 16.6 Å². The molecule has 0 aliphatic heterocycles. The fourth-order valence-corrected chi connectivity index (χ4v) is 3.14. The molecule has 5 heteroatoms. The van der Waals surface area contributed by atoms with E-state index in [2.05, 4.69) is 4.98 Å². The van der Waals surface area contributed by atoms with Crippen LogP contribution >= 0.6 is 23.2 Å². The lowest BCUT2D eigenvalue weighted by Crippen LogP contribution is -2.12. The van der Waals surface area contributed by atoms with Crippen LogP contribution in [0.5, 0.6) is 0 Å². The number of rotatable bonds is 4. The van der Waals surface area contributed by atoms with Crippen molar-refractivity contribution < 1.29 is 9.59 Å². The topological polar surface area (TPSA) is 47.0 Å². The Kier molecular flexibility index (Phi) is 5.21. The summed E-state index contributed by atoms with van der Waals surface area (Å²) in [6.07, 6.45) is 0. The summed E-state index contributed by atoms with van der Waals surface area (Å²) < 4.78 is 0. The summed E-state index contributed by atoms with van der Waals surface area (Å²) in [5, 5.41) is 0.951. The first-order valence-electron chi connectivity index (χ1n) is 7.95. The number of benzene rings is 2. The van der Waals surface area contributed by atoms with Crippen molar-refractivity contribution in [3.63, 3.8) is 0 Å². The molecule has 0 radical (unpaired) electrons. The van der Waals surface area contributed by atoms with Crippen LogP contribution in [-0.2, 0) is 0 Å². The van der Waals surface area contributed by atoms with Crippen LogP contribution in [0.25, 0.3) is 0 Å². The fourth-order valence-electron chi connectivity index (χ4n) is 2.76. The summed E-state index contributed by atoms with van der Waals surface area (Å²) in [6, 6.07) is 15.0. The molecule has 3 aromatic rings. The summed E-state index contributed by atoms with van der Waals surface area (Å²) in [5.41, 5.74) is 2.79. The zero-order valence-corrected chi connectivity index (χ0v) is 15.7. The second-order valence-corrected chi connectivity index (χ2v) is 6.81. The Morgan fingerprint density at radius 3 is 1.54 bits per heavy atom. The predicted molar refractivity (Wildman–Crippen MR) is 103 cm³/mol. The molecule has 3 rings (SSSR count). The number of carbonyl (C=O) groups is 2. The number of carbonyl (C=O) groups excluding carboxylic acids is 2. The molecule has 0 aliphatic rings. The van der Waals surface area contributed by atoms with E-state index in [-0.39, 0.29) is 11.6 Å². The van der Waals surface area contributed by atoms with Gasteiger partial charge in [0.2, 0.25) is 0 Å². The number of hydrogen-bond acceptors (Lipinski definition) is 3. The van der Waals surface area contributed by atoms with Gasteiger partial charge in [-0.05, 0) is 44.2 Å². The number of hydrogen-bond donors (Lipinski definition) is 0. The van der Waals surface area contributed by atoms with Crippen LogP contribution < -0.4 is 0 Å². The minimum atomic E-state index is -0.224. The fraction of sp³-hybridized carbons (Fsp3) is 0.0952. The first-order chi connectivity index (χ1) is 12.4. The van der Waals surface area contributed by atoms with Gasteiger partial charge in [-0.2, -0.15) is 0 Å². The Morgan fingerprint density at radius 1 is 0.731 bits per heavy atom. The molecule has 0 saturated heterocycles. The Morgan fingerprint density at radius 2 is 1.15 bits per heavy atom. The molecule has 3 nitrogen and oxygen atoms in total. The van der Waals surface area contributed by atoms with Crippen LogP contribution in [0.2, 0.25) is 10.0 Å². The zero-order chi connectivity index (χ0) is 18.8. The van der Waals surface area contributed by atoms with Crippen molar-refractivity contribution in [1.82, 2.24) is 4.98 Å². The van der Waals surface area contributed by atoms with Crippen LogP contribution in [0, 0.1) is 13.8 Å². The van der Waals surface area contributed by atoms with Gasteiger partial charge in [-0.25, -0.2) is 0 Å². The highest BCUT2D eigenvalue weighted by molar-refractivity contribution is 6.31. The van der Waals surface area contributed by atoms with Crippen LogP contribution in [0.15, 0.2) is 54.6 Å². The van der Waals surface area contributed by atoms with Gasteiger partial charge in [0.05, 0.1) is 0 Å². The van der Waals surface area contributed by atoms with Gasteiger partial charge in [0.1, 0.15) is 0 Å². The number of halogens is 2. The standard InChI is InChI=1S/C21H15Cl2NO2/c1-12-18(20(25)14-5-3-7-16(22)9-14)11-19(13(2)24-12)21(26)15-6-4-8-17(23)10-15/h3-11H,1-2H3. The lowest BCUT2D eigenvalue weighted by atomic mass is 9.96. The number of nitrogens with zero attached hydrogens (tertiary/aromatic N) is 1. The van der Waals surface area contributed by atoms with E-state index in [1.165, 1.54) is 0 Å². The van der Waals surface area contributed by atoms with E-state index in [9.17, 15) is 9.59 Å². The lowest BCUT2D eigenvalue weighted by molar-refractivity contribution is 0.103. The van der Waals surface area contributed by atoms with Gasteiger partial charge in [0, 0.05) is 43.7 Å². The number of ketones is 2. The van der Waals surface area contributed by atoms with E-state index in [4.69, 9.17) is 23.2 Å². The molecule has 0 amide bonds. The maximum absolute atomic E-state index is 12.9. The molecule has 0 unspecified atom stereocenters. The van der Waals surface area contributed by atoms with Crippen LogP contribution in [0.3, 0.4) is 0 Å². The summed E-state index contributed by atoms with van der Waals surface area (Å²) in [5.74, 6) is -0.449. The number of pyridine rings is 1. The molecule has 2 aromatic carbocycles. The summed E-state index contributed by atoms with van der Waals surface area (Å²) in [7, 11) is 0. The number of aryl methyl sites for hydroxylation is 2. The molecule has 130 valence electrons. The molecule has 0 bridgehead atoms. The Bertz CT molecular complexity index is 950. The quantitative estimate of drug-likeness (QED) is 0.561. The highest BCUT2D eigenvalue weighted by Crippen LogP contribution is 2.22. The summed E-state index contributed by atoms with van der Waals surface area (Å²) >= 11 is 12.0. The van der Waals surface area contributed by atoms with Crippen LogP contribution in [0.1, 0.15) is 43.2 Å². The second kappa shape index (κ2) is 7.40. The average molecular weight is 384 g/mol. The van der Waals surface area contributed by atoms with Crippen molar-refractivity contribution >= 4 is 34.8 Å². The van der Waals surface area contributed by atoms with Crippen molar-refractivity contribution in [2.24, 2.45) is 0 Å². The van der Waals surface area contributed by atoms with Gasteiger partial charge in [0.25, 0.3) is 0 Å². The predicted octanol–water partition coefficient (Wildman–Crippen LogP) is 5.47. The van der Waals surface area contributed by atoms with Gasteiger partial charge in [-0.15, -0.1) is 0 Å². The molecule has 0 fully saturated rings. The molecular formula is C21H15Cl2NO2. The maximum atomic E-state index is 12.9. The van der Waals surface area contributed by atoms with Crippen molar-refractivity contribution in [3.05, 3.63) is 98.3 Å². The van der Waals surface area contributed by atoms with Gasteiger partial charge in [-0.3, -0.25) is 14.6 Å². The third-order valence-electron chi connectivity index (χ3n) is 4.07. The Hall–Kier alpha value is -2.49.